The van der Waals surface area contributed by atoms with Crippen molar-refractivity contribution in [1.82, 2.24) is 4.90 Å². The zero-order chi connectivity index (χ0) is 15.5. The maximum atomic E-state index is 2.84. The number of nitrogens with zero attached hydrogens (tertiary/aromatic N) is 1. The van der Waals surface area contributed by atoms with Crippen molar-refractivity contribution in [2.75, 3.05) is 19.6 Å². The Morgan fingerprint density at radius 1 is 0.870 bits per heavy atom. The molecule has 1 aromatic rings. The van der Waals surface area contributed by atoms with E-state index in [9.17, 15) is 0 Å². The van der Waals surface area contributed by atoms with Gasteiger partial charge >= 0.3 is 0 Å². The number of fused-ring (bicyclic) bond motifs is 1. The molecule has 0 radical (unpaired) electrons. The Balaban J connectivity index is 1.47. The molecule has 2 aliphatic carbocycles. The minimum absolute atomic E-state index is 0.503. The highest BCUT2D eigenvalue weighted by atomic mass is 15.1. The fraction of sp³-hybridized carbons (Fsp3) is 0.727. The van der Waals surface area contributed by atoms with Gasteiger partial charge in [0.15, 0.2) is 0 Å². The van der Waals surface area contributed by atoms with E-state index in [0.717, 1.165) is 11.8 Å². The molecule has 2 atom stereocenters. The highest BCUT2D eigenvalue weighted by Gasteiger charge is 2.45. The number of hydrogen-bond donors (Lipinski definition) is 0. The standard InChI is InChI=1S/C22H33N/c1-3-9-19(10-4-1)17-23-16-15-22(20-11-5-2-6-12-20)14-8-7-13-21(22)18-23/h2,5-6,11-12,19,21H,1,3-4,7-10,13-18H2/t21-,22-/m0/s1. The van der Waals surface area contributed by atoms with Crippen molar-refractivity contribution in [2.24, 2.45) is 11.8 Å². The van der Waals surface area contributed by atoms with Crippen LogP contribution in [0.15, 0.2) is 30.3 Å². The van der Waals surface area contributed by atoms with E-state index in [4.69, 9.17) is 0 Å². The van der Waals surface area contributed by atoms with Gasteiger partial charge in [0.25, 0.3) is 0 Å². The molecule has 1 aromatic carbocycles. The van der Waals surface area contributed by atoms with Crippen LogP contribution in [0.5, 0.6) is 0 Å². The highest BCUT2D eigenvalue weighted by Crippen LogP contribution is 2.49. The van der Waals surface area contributed by atoms with Gasteiger partial charge in [-0.1, -0.05) is 62.4 Å². The Labute approximate surface area is 142 Å². The van der Waals surface area contributed by atoms with Crippen LogP contribution in [0.25, 0.3) is 0 Å². The summed E-state index contributed by atoms with van der Waals surface area (Å²) in [6.45, 7) is 4.09. The second kappa shape index (κ2) is 6.97. The monoisotopic (exact) mass is 311 g/mol. The van der Waals surface area contributed by atoms with Gasteiger partial charge in [-0.3, -0.25) is 0 Å². The lowest BCUT2D eigenvalue weighted by molar-refractivity contribution is 0.0440. The molecule has 1 nitrogen and oxygen atoms in total. The molecule has 0 bridgehead atoms. The SMILES string of the molecule is c1ccc([C@@]23CCCC[C@H]2CN(CC2CCCCC2)CC3)cc1. The van der Waals surface area contributed by atoms with E-state index in [2.05, 4.69) is 35.2 Å². The third-order valence-electron chi connectivity index (χ3n) is 7.15. The van der Waals surface area contributed by atoms with Crippen LogP contribution in [-0.4, -0.2) is 24.5 Å². The van der Waals surface area contributed by atoms with E-state index < -0.39 is 0 Å². The summed E-state index contributed by atoms with van der Waals surface area (Å²) < 4.78 is 0. The average Bonchev–Trinajstić information content (AvgIpc) is 2.63. The summed E-state index contributed by atoms with van der Waals surface area (Å²) in [7, 11) is 0. The predicted octanol–water partition coefficient (Wildman–Crippen LogP) is 5.40. The van der Waals surface area contributed by atoms with E-state index in [-0.39, 0.29) is 0 Å². The van der Waals surface area contributed by atoms with Crippen molar-refractivity contribution in [3.63, 3.8) is 0 Å². The lowest BCUT2D eigenvalue weighted by atomic mass is 9.59. The molecule has 2 saturated carbocycles. The molecular formula is C22H33N. The molecule has 3 aliphatic rings. The van der Waals surface area contributed by atoms with Crippen molar-refractivity contribution in [2.45, 2.75) is 69.6 Å². The van der Waals surface area contributed by atoms with Crippen molar-refractivity contribution < 1.29 is 0 Å². The summed E-state index contributed by atoms with van der Waals surface area (Å²) in [4.78, 5) is 2.84. The van der Waals surface area contributed by atoms with Crippen LogP contribution in [0.3, 0.4) is 0 Å². The average molecular weight is 312 g/mol. The van der Waals surface area contributed by atoms with Crippen molar-refractivity contribution >= 4 is 0 Å². The zero-order valence-corrected chi connectivity index (χ0v) is 14.7. The molecule has 0 spiro atoms. The van der Waals surface area contributed by atoms with E-state index in [1.165, 1.54) is 83.8 Å². The van der Waals surface area contributed by atoms with Gasteiger partial charge in [0.1, 0.15) is 0 Å². The van der Waals surface area contributed by atoms with Crippen LogP contribution in [0.2, 0.25) is 0 Å². The Hall–Kier alpha value is -0.820. The third-order valence-corrected chi connectivity index (χ3v) is 7.15. The molecule has 0 aromatic heterocycles. The largest absolute Gasteiger partial charge is 0.303 e. The number of benzene rings is 1. The Bertz CT molecular complexity index is 490. The van der Waals surface area contributed by atoms with Gasteiger partial charge in [0.2, 0.25) is 0 Å². The first-order valence-corrected chi connectivity index (χ1v) is 10.1. The van der Waals surface area contributed by atoms with Crippen LogP contribution in [0.1, 0.15) is 69.8 Å². The molecule has 0 N–H and O–H groups in total. The first-order valence-electron chi connectivity index (χ1n) is 10.1. The number of hydrogen-bond acceptors (Lipinski definition) is 1. The molecule has 1 aliphatic heterocycles. The molecule has 1 heteroatoms. The molecule has 126 valence electrons. The van der Waals surface area contributed by atoms with E-state index in [1.807, 2.05) is 0 Å². The van der Waals surface area contributed by atoms with E-state index in [1.54, 1.807) is 5.56 Å². The minimum atomic E-state index is 0.503. The summed E-state index contributed by atoms with van der Waals surface area (Å²) in [5, 5.41) is 0. The summed E-state index contributed by atoms with van der Waals surface area (Å²) in [6.07, 6.45) is 14.6. The van der Waals surface area contributed by atoms with Gasteiger partial charge in [-0.2, -0.15) is 0 Å². The second-order valence-corrected chi connectivity index (χ2v) is 8.48. The van der Waals surface area contributed by atoms with Gasteiger partial charge in [0, 0.05) is 18.5 Å². The predicted molar refractivity (Wildman–Crippen MR) is 97.7 cm³/mol. The van der Waals surface area contributed by atoms with Gasteiger partial charge in [0.05, 0.1) is 0 Å². The maximum absolute atomic E-state index is 2.84. The quantitative estimate of drug-likeness (QED) is 0.722. The van der Waals surface area contributed by atoms with Crippen LogP contribution < -0.4 is 0 Å². The Kier molecular flexibility index (Phi) is 4.76. The van der Waals surface area contributed by atoms with E-state index in [0.29, 0.717) is 5.41 Å². The lowest BCUT2D eigenvalue weighted by Crippen LogP contribution is -2.52. The normalized spacial score (nSPS) is 33.3. The minimum Gasteiger partial charge on any atom is -0.303 e. The second-order valence-electron chi connectivity index (χ2n) is 8.48. The summed E-state index contributed by atoms with van der Waals surface area (Å²) in [5.74, 6) is 1.90. The highest BCUT2D eigenvalue weighted by molar-refractivity contribution is 5.28. The Morgan fingerprint density at radius 3 is 2.48 bits per heavy atom. The molecule has 4 rings (SSSR count). The van der Waals surface area contributed by atoms with Crippen LogP contribution >= 0.6 is 0 Å². The molecule has 0 amide bonds. The van der Waals surface area contributed by atoms with Crippen LogP contribution in [0, 0.1) is 11.8 Å². The van der Waals surface area contributed by atoms with Crippen molar-refractivity contribution in [1.29, 1.82) is 0 Å². The van der Waals surface area contributed by atoms with Crippen molar-refractivity contribution in [3.8, 4) is 0 Å². The number of piperidine rings is 1. The lowest BCUT2D eigenvalue weighted by Gasteiger charge is -2.52. The van der Waals surface area contributed by atoms with Crippen LogP contribution in [-0.2, 0) is 5.41 Å². The molecular weight excluding hydrogens is 278 g/mol. The Morgan fingerprint density at radius 2 is 1.65 bits per heavy atom. The molecule has 3 fully saturated rings. The zero-order valence-electron chi connectivity index (χ0n) is 14.7. The summed E-state index contributed by atoms with van der Waals surface area (Å²) >= 11 is 0. The fourth-order valence-electron chi connectivity index (χ4n) is 5.86. The van der Waals surface area contributed by atoms with Gasteiger partial charge in [-0.05, 0) is 56.0 Å². The van der Waals surface area contributed by atoms with Gasteiger partial charge in [-0.25, -0.2) is 0 Å². The molecule has 1 heterocycles. The number of likely N-dealkylation sites (tertiary alicyclic amines) is 1. The third kappa shape index (κ3) is 3.22. The summed E-state index contributed by atoms with van der Waals surface area (Å²) in [6, 6.07) is 11.5. The van der Waals surface area contributed by atoms with Gasteiger partial charge in [-0.15, -0.1) is 0 Å². The first-order chi connectivity index (χ1) is 11.4. The number of rotatable bonds is 3. The smallest absolute Gasteiger partial charge is 0.00183 e. The molecule has 23 heavy (non-hydrogen) atoms. The molecule has 0 unspecified atom stereocenters. The summed E-state index contributed by atoms with van der Waals surface area (Å²) in [5.41, 5.74) is 2.14. The first kappa shape index (κ1) is 15.7. The van der Waals surface area contributed by atoms with Crippen molar-refractivity contribution in [3.05, 3.63) is 35.9 Å². The maximum Gasteiger partial charge on any atom is 0.00183 e. The molecule has 1 saturated heterocycles. The van der Waals surface area contributed by atoms with E-state index >= 15 is 0 Å². The van der Waals surface area contributed by atoms with Gasteiger partial charge < -0.3 is 4.90 Å². The van der Waals surface area contributed by atoms with Crippen LogP contribution in [0.4, 0.5) is 0 Å². The fourth-order valence-corrected chi connectivity index (χ4v) is 5.86. The topological polar surface area (TPSA) is 3.24 Å².